The van der Waals surface area contributed by atoms with Crippen LogP contribution in [0.2, 0.25) is 0 Å². The van der Waals surface area contributed by atoms with E-state index in [-0.39, 0.29) is 43.5 Å². The molecular formula is C9H13NO4. The van der Waals surface area contributed by atoms with Crippen LogP contribution in [0.5, 0.6) is 0 Å². The Labute approximate surface area is 81.8 Å². The molecule has 5 heteroatoms. The molecule has 0 aromatic heterocycles. The molecule has 0 aromatic rings. The molecule has 5 nitrogen and oxygen atoms in total. The summed E-state index contributed by atoms with van der Waals surface area (Å²) in [5, 5.41) is 2.70. The first kappa shape index (κ1) is 10.8. The fourth-order valence-electron chi connectivity index (χ4n) is 1.42. The van der Waals surface area contributed by atoms with Crippen molar-refractivity contribution in [1.29, 1.82) is 0 Å². The summed E-state index contributed by atoms with van der Waals surface area (Å²) in [5.41, 5.74) is 0. The van der Waals surface area contributed by atoms with E-state index in [1.807, 2.05) is 0 Å². The van der Waals surface area contributed by atoms with E-state index in [4.69, 9.17) is 0 Å². The lowest BCUT2D eigenvalue weighted by Gasteiger charge is -2.19. The van der Waals surface area contributed by atoms with Crippen LogP contribution in [0, 0.1) is 5.92 Å². The Morgan fingerprint density at radius 1 is 1.43 bits per heavy atom. The van der Waals surface area contributed by atoms with Gasteiger partial charge in [-0.15, -0.1) is 0 Å². The zero-order valence-corrected chi connectivity index (χ0v) is 8.04. The van der Waals surface area contributed by atoms with Gasteiger partial charge in [-0.1, -0.05) is 0 Å². The highest BCUT2D eigenvalue weighted by atomic mass is 16.5. The van der Waals surface area contributed by atoms with Gasteiger partial charge >= 0.3 is 5.97 Å². The number of nitrogens with one attached hydrogen (secondary N) is 1. The highest BCUT2D eigenvalue weighted by molar-refractivity contribution is 6.06. The minimum Gasteiger partial charge on any atom is -0.469 e. The molecule has 0 spiro atoms. The molecule has 1 saturated heterocycles. The van der Waals surface area contributed by atoms with Gasteiger partial charge in [-0.25, -0.2) is 0 Å². The van der Waals surface area contributed by atoms with Crippen molar-refractivity contribution in [2.24, 2.45) is 5.92 Å². The Hall–Kier alpha value is -1.23. The normalized spacial score (nSPS) is 18.4. The molecule has 0 radical (unpaired) electrons. The lowest BCUT2D eigenvalue weighted by molar-refractivity contribution is -0.141. The van der Waals surface area contributed by atoms with Gasteiger partial charge in [0.15, 0.2) is 11.6 Å². The van der Waals surface area contributed by atoms with E-state index in [1.165, 1.54) is 7.11 Å². The Balaban J connectivity index is 2.44. The number of carbonyl (C=O) groups is 3. The lowest BCUT2D eigenvalue weighted by Crippen LogP contribution is -2.44. The van der Waals surface area contributed by atoms with Gasteiger partial charge in [0.2, 0.25) is 0 Å². The number of ketones is 2. The number of rotatable bonds is 3. The second-order valence-electron chi connectivity index (χ2n) is 3.20. The number of hydrogen-bond donors (Lipinski definition) is 1. The quantitative estimate of drug-likeness (QED) is 0.480. The topological polar surface area (TPSA) is 72.5 Å². The highest BCUT2D eigenvalue weighted by Gasteiger charge is 2.29. The Morgan fingerprint density at radius 2 is 2.00 bits per heavy atom. The fourth-order valence-corrected chi connectivity index (χ4v) is 1.42. The number of carbonyl (C=O) groups excluding carboxylic acids is 3. The van der Waals surface area contributed by atoms with Gasteiger partial charge in [0.25, 0.3) is 0 Å². The average molecular weight is 199 g/mol. The summed E-state index contributed by atoms with van der Waals surface area (Å²) in [6.45, 7) is 0.440. The molecule has 1 aliphatic heterocycles. The fraction of sp³-hybridized carbons (Fsp3) is 0.667. The lowest BCUT2D eigenvalue weighted by atomic mass is 9.91. The van der Waals surface area contributed by atoms with E-state index in [2.05, 4.69) is 10.1 Å². The van der Waals surface area contributed by atoms with Crippen molar-refractivity contribution >= 4 is 17.5 Å². The first-order chi connectivity index (χ1) is 6.65. The first-order valence-corrected chi connectivity index (χ1v) is 4.48. The molecule has 0 bridgehead atoms. The molecule has 0 aromatic carbocycles. The SMILES string of the molecule is COC(=O)CCC1C(=O)CNCC1=O. The molecule has 0 unspecified atom stereocenters. The molecule has 1 rings (SSSR count). The maximum absolute atomic E-state index is 11.3. The molecule has 0 amide bonds. The number of Topliss-reactive ketones (excluding diaryl/α,β-unsaturated/α-hetero) is 2. The first-order valence-electron chi connectivity index (χ1n) is 4.48. The smallest absolute Gasteiger partial charge is 0.305 e. The number of piperidine rings is 1. The van der Waals surface area contributed by atoms with Gasteiger partial charge in [-0.2, -0.15) is 0 Å². The zero-order valence-electron chi connectivity index (χ0n) is 8.04. The Morgan fingerprint density at radius 3 is 2.50 bits per heavy atom. The molecule has 14 heavy (non-hydrogen) atoms. The van der Waals surface area contributed by atoms with E-state index in [9.17, 15) is 14.4 Å². The predicted molar refractivity (Wildman–Crippen MR) is 47.6 cm³/mol. The molecule has 1 N–H and O–H groups in total. The molecule has 0 atom stereocenters. The van der Waals surface area contributed by atoms with Gasteiger partial charge in [-0.3, -0.25) is 14.4 Å². The standard InChI is InChI=1S/C9H13NO4/c1-14-9(13)3-2-6-7(11)4-10-5-8(6)12/h6,10H,2-5H2,1H3. The van der Waals surface area contributed by atoms with E-state index in [0.717, 1.165) is 0 Å². The van der Waals surface area contributed by atoms with Crippen LogP contribution in [-0.2, 0) is 19.1 Å². The summed E-state index contributed by atoms with van der Waals surface area (Å²) in [5.74, 6) is -1.27. The third-order valence-corrected chi connectivity index (χ3v) is 2.24. The van der Waals surface area contributed by atoms with Crippen LogP contribution in [0.15, 0.2) is 0 Å². The van der Waals surface area contributed by atoms with Crippen molar-refractivity contribution in [1.82, 2.24) is 5.32 Å². The summed E-state index contributed by atoms with van der Waals surface area (Å²) in [6, 6.07) is 0. The molecular weight excluding hydrogens is 186 g/mol. The summed E-state index contributed by atoms with van der Waals surface area (Å²) in [7, 11) is 1.29. The summed E-state index contributed by atoms with van der Waals surface area (Å²) >= 11 is 0. The van der Waals surface area contributed by atoms with Gasteiger partial charge < -0.3 is 10.1 Å². The molecule has 1 aliphatic rings. The van der Waals surface area contributed by atoms with Crippen LogP contribution in [0.1, 0.15) is 12.8 Å². The molecule has 0 aliphatic carbocycles. The van der Waals surface area contributed by atoms with Crippen molar-refractivity contribution in [3.05, 3.63) is 0 Å². The number of ether oxygens (including phenoxy) is 1. The van der Waals surface area contributed by atoms with Gasteiger partial charge in [0.1, 0.15) is 0 Å². The predicted octanol–water partition coefficient (Wildman–Crippen LogP) is -0.703. The second-order valence-corrected chi connectivity index (χ2v) is 3.20. The van der Waals surface area contributed by atoms with Crippen molar-refractivity contribution in [2.45, 2.75) is 12.8 Å². The van der Waals surface area contributed by atoms with E-state index in [1.54, 1.807) is 0 Å². The summed E-state index contributed by atoms with van der Waals surface area (Å²) in [4.78, 5) is 33.3. The van der Waals surface area contributed by atoms with Gasteiger partial charge in [-0.05, 0) is 6.42 Å². The Bertz CT molecular complexity index is 246. The number of esters is 1. The average Bonchev–Trinajstić information content (AvgIpc) is 2.16. The summed E-state index contributed by atoms with van der Waals surface area (Å²) in [6.07, 6.45) is 0.394. The van der Waals surface area contributed by atoms with Gasteiger partial charge in [0, 0.05) is 6.42 Å². The van der Waals surface area contributed by atoms with Crippen LogP contribution >= 0.6 is 0 Å². The Kier molecular flexibility index (Phi) is 3.76. The second kappa shape index (κ2) is 4.85. The molecule has 0 saturated carbocycles. The van der Waals surface area contributed by atoms with Crippen molar-refractivity contribution in [3.63, 3.8) is 0 Å². The molecule has 1 fully saturated rings. The van der Waals surface area contributed by atoms with Crippen LogP contribution in [0.3, 0.4) is 0 Å². The van der Waals surface area contributed by atoms with E-state index >= 15 is 0 Å². The molecule has 1 heterocycles. The minimum atomic E-state index is -0.615. The minimum absolute atomic E-state index is 0.124. The maximum Gasteiger partial charge on any atom is 0.305 e. The van der Waals surface area contributed by atoms with Gasteiger partial charge in [0.05, 0.1) is 26.1 Å². The van der Waals surface area contributed by atoms with Crippen LogP contribution in [0.25, 0.3) is 0 Å². The largest absolute Gasteiger partial charge is 0.469 e. The third kappa shape index (κ3) is 2.63. The molecule has 78 valence electrons. The number of hydrogen-bond acceptors (Lipinski definition) is 5. The third-order valence-electron chi connectivity index (χ3n) is 2.24. The van der Waals surface area contributed by atoms with Crippen LogP contribution < -0.4 is 5.32 Å². The van der Waals surface area contributed by atoms with Crippen molar-refractivity contribution in [2.75, 3.05) is 20.2 Å². The highest BCUT2D eigenvalue weighted by Crippen LogP contribution is 2.12. The monoisotopic (exact) mass is 199 g/mol. The van der Waals surface area contributed by atoms with Crippen LogP contribution in [-0.4, -0.2) is 37.7 Å². The van der Waals surface area contributed by atoms with Crippen LogP contribution in [0.4, 0.5) is 0 Å². The van der Waals surface area contributed by atoms with Crippen molar-refractivity contribution < 1.29 is 19.1 Å². The number of methoxy groups -OCH3 is 1. The van der Waals surface area contributed by atoms with Crippen molar-refractivity contribution in [3.8, 4) is 0 Å². The maximum atomic E-state index is 11.3. The van der Waals surface area contributed by atoms with E-state index in [0.29, 0.717) is 0 Å². The van der Waals surface area contributed by atoms with E-state index < -0.39 is 5.92 Å². The zero-order chi connectivity index (χ0) is 10.6. The summed E-state index contributed by atoms with van der Waals surface area (Å²) < 4.78 is 4.43.